The number of morpholine rings is 1. The van der Waals surface area contributed by atoms with Crippen molar-refractivity contribution in [2.24, 2.45) is 0 Å². The molecule has 1 fully saturated rings. The molecule has 2 N–H and O–H groups in total. The van der Waals surface area contributed by atoms with Crippen LogP contribution in [-0.2, 0) is 11.3 Å². The predicted molar refractivity (Wildman–Crippen MR) is 116 cm³/mol. The van der Waals surface area contributed by atoms with Gasteiger partial charge in [0, 0.05) is 35.5 Å². The first-order valence-electron chi connectivity index (χ1n) is 9.64. The van der Waals surface area contributed by atoms with Crippen molar-refractivity contribution in [2.75, 3.05) is 38.2 Å². The fraction of sp³-hybridized carbons (Fsp3) is 0.500. The van der Waals surface area contributed by atoms with E-state index in [-0.39, 0.29) is 0 Å². The zero-order valence-corrected chi connectivity index (χ0v) is 17.9. The van der Waals surface area contributed by atoms with Gasteiger partial charge in [-0.15, -0.1) is 22.7 Å². The molecule has 1 saturated heterocycles. The number of anilines is 1. The standard InChI is InChI=1S/C20H26N4O2S2/c1-3-20(2,25)13-21-18-17-14(15-5-4-10-27-15)12-28-19(17)23-16(22-18)11-24-6-8-26-9-7-24/h4-5,10,12,25H,3,6-9,11,13H2,1-2H3,(H,21,22,23)/t20-/m0/s1. The number of rotatable bonds is 7. The van der Waals surface area contributed by atoms with E-state index in [1.807, 2.05) is 13.8 Å². The third-order valence-electron chi connectivity index (χ3n) is 5.13. The molecule has 6 nitrogen and oxygen atoms in total. The van der Waals surface area contributed by atoms with Crippen LogP contribution in [0.25, 0.3) is 20.7 Å². The number of hydrogen-bond acceptors (Lipinski definition) is 8. The van der Waals surface area contributed by atoms with Crippen LogP contribution in [0, 0.1) is 0 Å². The lowest BCUT2D eigenvalue weighted by atomic mass is 10.0. The average molecular weight is 419 g/mol. The van der Waals surface area contributed by atoms with Gasteiger partial charge in [0.15, 0.2) is 0 Å². The topological polar surface area (TPSA) is 70.5 Å². The first-order valence-corrected chi connectivity index (χ1v) is 11.4. The van der Waals surface area contributed by atoms with Gasteiger partial charge < -0.3 is 15.2 Å². The third-order valence-corrected chi connectivity index (χ3v) is 6.91. The number of nitrogens with one attached hydrogen (secondary N) is 1. The summed E-state index contributed by atoms with van der Waals surface area (Å²) < 4.78 is 5.45. The Hall–Kier alpha value is -1.58. The first-order chi connectivity index (χ1) is 13.6. The lowest BCUT2D eigenvalue weighted by Gasteiger charge is -2.26. The van der Waals surface area contributed by atoms with E-state index < -0.39 is 5.60 Å². The number of ether oxygens (including phenoxy) is 1. The van der Waals surface area contributed by atoms with Gasteiger partial charge in [0.1, 0.15) is 16.5 Å². The smallest absolute Gasteiger partial charge is 0.146 e. The van der Waals surface area contributed by atoms with E-state index in [0.29, 0.717) is 19.5 Å². The first kappa shape index (κ1) is 19.7. The van der Waals surface area contributed by atoms with Gasteiger partial charge in [0.05, 0.1) is 30.7 Å². The molecule has 0 aromatic carbocycles. The van der Waals surface area contributed by atoms with Crippen molar-refractivity contribution < 1.29 is 9.84 Å². The van der Waals surface area contributed by atoms with Crippen molar-refractivity contribution in [3.8, 4) is 10.4 Å². The SMILES string of the molecule is CC[C@](C)(O)CNc1nc(CN2CCOCC2)nc2scc(-c3cccs3)c12. The monoisotopic (exact) mass is 418 g/mol. The molecule has 8 heteroatoms. The van der Waals surface area contributed by atoms with Crippen LogP contribution in [0.5, 0.6) is 0 Å². The maximum Gasteiger partial charge on any atom is 0.146 e. The number of aliphatic hydroxyl groups is 1. The van der Waals surface area contributed by atoms with Crippen molar-refractivity contribution in [2.45, 2.75) is 32.4 Å². The van der Waals surface area contributed by atoms with Gasteiger partial charge in [0.2, 0.25) is 0 Å². The van der Waals surface area contributed by atoms with Crippen LogP contribution >= 0.6 is 22.7 Å². The quantitative estimate of drug-likeness (QED) is 0.608. The highest BCUT2D eigenvalue weighted by atomic mass is 32.1. The van der Waals surface area contributed by atoms with Crippen LogP contribution in [0.4, 0.5) is 5.82 Å². The molecule has 0 saturated carbocycles. The Morgan fingerprint density at radius 2 is 2.11 bits per heavy atom. The highest BCUT2D eigenvalue weighted by Gasteiger charge is 2.21. The summed E-state index contributed by atoms with van der Waals surface area (Å²) in [7, 11) is 0. The van der Waals surface area contributed by atoms with Gasteiger partial charge in [-0.05, 0) is 24.8 Å². The summed E-state index contributed by atoms with van der Waals surface area (Å²) >= 11 is 3.37. The minimum atomic E-state index is -0.777. The number of nitrogens with zero attached hydrogens (tertiary/aromatic N) is 3. The van der Waals surface area contributed by atoms with E-state index in [9.17, 15) is 5.11 Å². The molecule has 28 heavy (non-hydrogen) atoms. The zero-order chi connectivity index (χ0) is 19.6. The van der Waals surface area contributed by atoms with E-state index in [0.717, 1.165) is 53.7 Å². The zero-order valence-electron chi connectivity index (χ0n) is 16.3. The minimum Gasteiger partial charge on any atom is -0.388 e. The molecule has 3 aromatic heterocycles. The van der Waals surface area contributed by atoms with E-state index in [2.05, 4.69) is 33.1 Å². The molecular weight excluding hydrogens is 392 g/mol. The summed E-state index contributed by atoms with van der Waals surface area (Å²) in [6, 6.07) is 4.19. The Balaban J connectivity index is 1.70. The lowest BCUT2D eigenvalue weighted by molar-refractivity contribution is 0.0331. The molecule has 0 aliphatic carbocycles. The van der Waals surface area contributed by atoms with Crippen molar-refractivity contribution >= 4 is 38.7 Å². The van der Waals surface area contributed by atoms with Gasteiger partial charge in [-0.3, -0.25) is 4.90 Å². The third kappa shape index (κ3) is 4.36. The van der Waals surface area contributed by atoms with Gasteiger partial charge in [-0.1, -0.05) is 13.0 Å². The number of fused-ring (bicyclic) bond motifs is 1. The van der Waals surface area contributed by atoms with Crippen LogP contribution < -0.4 is 5.32 Å². The van der Waals surface area contributed by atoms with Crippen LogP contribution in [0.15, 0.2) is 22.9 Å². The molecule has 1 atom stereocenters. The molecule has 1 aliphatic heterocycles. The molecule has 0 radical (unpaired) electrons. The van der Waals surface area contributed by atoms with Gasteiger partial charge in [0.25, 0.3) is 0 Å². The molecule has 3 aromatic rings. The minimum absolute atomic E-state index is 0.451. The van der Waals surface area contributed by atoms with Gasteiger partial charge >= 0.3 is 0 Å². The summed E-state index contributed by atoms with van der Waals surface area (Å²) in [6.07, 6.45) is 0.677. The molecule has 4 rings (SSSR count). The fourth-order valence-electron chi connectivity index (χ4n) is 3.16. The van der Waals surface area contributed by atoms with Crippen LogP contribution in [-0.4, -0.2) is 58.4 Å². The Morgan fingerprint density at radius 1 is 1.29 bits per heavy atom. The predicted octanol–water partition coefficient (Wildman–Crippen LogP) is 3.82. The lowest BCUT2D eigenvalue weighted by Crippen LogP contribution is -2.36. The highest BCUT2D eigenvalue weighted by molar-refractivity contribution is 7.18. The van der Waals surface area contributed by atoms with Gasteiger partial charge in [-0.25, -0.2) is 9.97 Å². The van der Waals surface area contributed by atoms with Gasteiger partial charge in [-0.2, -0.15) is 0 Å². The average Bonchev–Trinajstić information content (AvgIpc) is 3.36. The van der Waals surface area contributed by atoms with Crippen LogP contribution in [0.2, 0.25) is 0 Å². The van der Waals surface area contributed by atoms with Crippen molar-refractivity contribution in [3.63, 3.8) is 0 Å². The molecule has 0 unspecified atom stereocenters. The number of thiophene rings is 2. The second-order valence-electron chi connectivity index (χ2n) is 7.39. The van der Waals surface area contributed by atoms with Crippen molar-refractivity contribution in [1.29, 1.82) is 0 Å². The highest BCUT2D eigenvalue weighted by Crippen LogP contribution is 2.39. The van der Waals surface area contributed by atoms with E-state index in [4.69, 9.17) is 14.7 Å². The van der Waals surface area contributed by atoms with E-state index in [1.165, 1.54) is 4.88 Å². The number of aromatic nitrogens is 2. The molecule has 0 amide bonds. The molecule has 1 aliphatic rings. The largest absolute Gasteiger partial charge is 0.388 e. The normalized spacial score (nSPS) is 17.7. The molecule has 0 spiro atoms. The second-order valence-corrected chi connectivity index (χ2v) is 9.19. The summed E-state index contributed by atoms with van der Waals surface area (Å²) in [4.78, 5) is 14.2. The maximum atomic E-state index is 10.5. The Morgan fingerprint density at radius 3 is 2.82 bits per heavy atom. The second kappa shape index (κ2) is 8.42. The summed E-state index contributed by atoms with van der Waals surface area (Å²) in [5.41, 5.74) is 0.382. The Labute approximate surface area is 173 Å². The number of hydrogen-bond donors (Lipinski definition) is 2. The summed E-state index contributed by atoms with van der Waals surface area (Å²) in [6.45, 7) is 8.32. The Kier molecular flexibility index (Phi) is 5.93. The summed E-state index contributed by atoms with van der Waals surface area (Å²) in [5, 5.41) is 19.2. The van der Waals surface area contributed by atoms with Crippen LogP contribution in [0.3, 0.4) is 0 Å². The summed E-state index contributed by atoms with van der Waals surface area (Å²) in [5.74, 6) is 1.62. The fourth-order valence-corrected chi connectivity index (χ4v) is 4.94. The van der Waals surface area contributed by atoms with Crippen molar-refractivity contribution in [3.05, 3.63) is 28.7 Å². The Bertz CT molecular complexity index is 918. The molecule has 150 valence electrons. The van der Waals surface area contributed by atoms with Crippen molar-refractivity contribution in [1.82, 2.24) is 14.9 Å². The maximum absolute atomic E-state index is 10.5. The molecule has 4 heterocycles. The van der Waals surface area contributed by atoms with Crippen LogP contribution in [0.1, 0.15) is 26.1 Å². The molecular formula is C20H26N4O2S2. The molecule has 0 bridgehead atoms. The van der Waals surface area contributed by atoms with E-state index in [1.54, 1.807) is 22.7 Å². The van der Waals surface area contributed by atoms with E-state index >= 15 is 0 Å².